The maximum Gasteiger partial charge on any atom is 0.274 e. The van der Waals surface area contributed by atoms with E-state index in [9.17, 15) is 9.18 Å². The molecule has 0 saturated heterocycles. The smallest absolute Gasteiger partial charge is 0.267 e. The number of aryl methyl sites for hydroxylation is 1. The quantitative estimate of drug-likeness (QED) is 0.696. The number of nitriles is 1. The summed E-state index contributed by atoms with van der Waals surface area (Å²) in [5.41, 5.74) is 4.31. The Hall–Kier alpha value is -3.00. The van der Waals surface area contributed by atoms with Crippen molar-refractivity contribution in [2.75, 3.05) is 0 Å². The minimum Gasteiger partial charge on any atom is -0.267 e. The van der Waals surface area contributed by atoms with Crippen LogP contribution in [-0.2, 0) is 6.42 Å². The van der Waals surface area contributed by atoms with Crippen molar-refractivity contribution < 1.29 is 9.18 Å². The van der Waals surface area contributed by atoms with Gasteiger partial charge < -0.3 is 0 Å². The Kier molecular flexibility index (Phi) is 4.99. The van der Waals surface area contributed by atoms with Crippen molar-refractivity contribution in [1.29, 1.82) is 5.26 Å². The average molecular weight is 295 g/mol. The van der Waals surface area contributed by atoms with E-state index in [1.54, 1.807) is 6.07 Å². The zero-order valence-electron chi connectivity index (χ0n) is 12.0. The first-order valence-corrected chi connectivity index (χ1v) is 6.76. The van der Waals surface area contributed by atoms with Gasteiger partial charge in [-0.15, -0.1) is 0 Å². The second kappa shape index (κ2) is 7.14. The number of nitrogens with zero attached hydrogens (tertiary/aromatic N) is 2. The Bertz CT molecular complexity index is 745. The zero-order valence-corrected chi connectivity index (χ0v) is 12.0. The monoisotopic (exact) mass is 295 g/mol. The van der Waals surface area contributed by atoms with Crippen LogP contribution in [0.1, 0.15) is 34.0 Å². The van der Waals surface area contributed by atoms with Crippen molar-refractivity contribution in [2.45, 2.75) is 13.3 Å². The molecule has 110 valence electrons. The largest absolute Gasteiger partial charge is 0.274 e. The summed E-state index contributed by atoms with van der Waals surface area (Å²) < 4.78 is 13.7. The number of hydrogen-bond acceptors (Lipinski definition) is 3. The number of carbonyl (C=O) groups is 1. The van der Waals surface area contributed by atoms with Crippen molar-refractivity contribution in [3.05, 3.63) is 70.5 Å². The number of halogens is 1. The third-order valence-corrected chi connectivity index (χ3v) is 3.11. The van der Waals surface area contributed by atoms with Crippen LogP contribution in [0.25, 0.3) is 0 Å². The first-order valence-electron chi connectivity index (χ1n) is 6.76. The van der Waals surface area contributed by atoms with Crippen LogP contribution < -0.4 is 5.43 Å². The molecule has 2 aromatic rings. The molecule has 0 heterocycles. The zero-order chi connectivity index (χ0) is 15.9. The lowest BCUT2D eigenvalue weighted by Gasteiger charge is -2.02. The van der Waals surface area contributed by atoms with Gasteiger partial charge in [0.15, 0.2) is 0 Å². The molecule has 4 nitrogen and oxygen atoms in total. The maximum atomic E-state index is 13.7. The highest BCUT2D eigenvalue weighted by molar-refractivity contribution is 5.95. The van der Waals surface area contributed by atoms with E-state index in [0.717, 1.165) is 18.1 Å². The topological polar surface area (TPSA) is 65.2 Å². The van der Waals surface area contributed by atoms with Gasteiger partial charge in [0.2, 0.25) is 0 Å². The summed E-state index contributed by atoms with van der Waals surface area (Å²) in [7, 11) is 0. The number of amides is 1. The number of nitrogens with one attached hydrogen (secondary N) is 1. The second-order valence-corrected chi connectivity index (χ2v) is 4.60. The van der Waals surface area contributed by atoms with Crippen molar-refractivity contribution in [1.82, 2.24) is 5.43 Å². The van der Waals surface area contributed by atoms with E-state index in [1.165, 1.54) is 23.9 Å². The summed E-state index contributed by atoms with van der Waals surface area (Å²) in [5.74, 6) is -1.41. The molecule has 0 atom stereocenters. The normalized spacial score (nSPS) is 10.4. The van der Waals surface area contributed by atoms with Crippen LogP contribution in [0, 0.1) is 17.1 Å². The van der Waals surface area contributed by atoms with E-state index in [0.29, 0.717) is 0 Å². The molecule has 1 N–H and O–H groups in total. The fourth-order valence-corrected chi connectivity index (χ4v) is 1.83. The van der Waals surface area contributed by atoms with Crippen LogP contribution in [0.5, 0.6) is 0 Å². The fraction of sp³-hybridized carbons (Fsp3) is 0.118. The van der Waals surface area contributed by atoms with Crippen LogP contribution in [0.4, 0.5) is 4.39 Å². The minimum atomic E-state index is -0.751. The van der Waals surface area contributed by atoms with Gasteiger partial charge in [-0.3, -0.25) is 4.79 Å². The Morgan fingerprint density at radius 2 is 2.05 bits per heavy atom. The van der Waals surface area contributed by atoms with Gasteiger partial charge in [-0.1, -0.05) is 31.2 Å². The Morgan fingerprint density at radius 1 is 1.32 bits per heavy atom. The van der Waals surface area contributed by atoms with Crippen LogP contribution in [-0.4, -0.2) is 12.1 Å². The van der Waals surface area contributed by atoms with Crippen molar-refractivity contribution in [3.8, 4) is 6.07 Å². The number of benzene rings is 2. The molecule has 0 aromatic heterocycles. The summed E-state index contributed by atoms with van der Waals surface area (Å²) in [5, 5.41) is 12.5. The van der Waals surface area contributed by atoms with E-state index in [4.69, 9.17) is 5.26 Å². The lowest BCUT2D eigenvalue weighted by Crippen LogP contribution is -2.19. The highest BCUT2D eigenvalue weighted by Gasteiger charge is 2.11. The minimum absolute atomic E-state index is 0.155. The van der Waals surface area contributed by atoms with E-state index in [2.05, 4.69) is 17.5 Å². The molecule has 0 saturated carbocycles. The molecular formula is C17H14FN3O. The Balaban J connectivity index is 2.03. The second-order valence-electron chi connectivity index (χ2n) is 4.60. The van der Waals surface area contributed by atoms with Gasteiger partial charge in [-0.25, -0.2) is 9.82 Å². The Morgan fingerprint density at radius 3 is 2.64 bits per heavy atom. The molecule has 0 radical (unpaired) electrons. The first kappa shape index (κ1) is 15.4. The molecule has 1 amide bonds. The summed E-state index contributed by atoms with van der Waals surface area (Å²) >= 11 is 0. The third kappa shape index (κ3) is 3.76. The number of carbonyl (C=O) groups excluding carboxylic acids is 1. The first-order chi connectivity index (χ1) is 10.6. The lowest BCUT2D eigenvalue weighted by molar-refractivity contribution is 0.0951. The van der Waals surface area contributed by atoms with Crippen molar-refractivity contribution in [2.24, 2.45) is 5.10 Å². The summed E-state index contributed by atoms with van der Waals surface area (Å²) in [6.07, 6.45) is 2.44. The predicted octanol–water partition coefficient (Wildman–Crippen LogP) is 3.02. The van der Waals surface area contributed by atoms with E-state index < -0.39 is 11.7 Å². The number of rotatable bonds is 4. The highest BCUT2D eigenvalue weighted by Crippen LogP contribution is 2.09. The molecule has 2 rings (SSSR count). The van der Waals surface area contributed by atoms with E-state index in [1.807, 2.05) is 24.3 Å². The molecule has 0 aliphatic heterocycles. The van der Waals surface area contributed by atoms with Gasteiger partial charge in [0.05, 0.1) is 23.4 Å². The van der Waals surface area contributed by atoms with Gasteiger partial charge in [0.25, 0.3) is 5.91 Å². The number of hydrazone groups is 1. The summed E-state index contributed by atoms with van der Waals surface area (Å²) in [4.78, 5) is 11.8. The van der Waals surface area contributed by atoms with Gasteiger partial charge in [0, 0.05) is 0 Å². The molecule has 0 bridgehead atoms. The summed E-state index contributed by atoms with van der Waals surface area (Å²) in [6, 6.07) is 13.2. The van der Waals surface area contributed by atoms with Crippen LogP contribution in [0.2, 0.25) is 0 Å². The predicted molar refractivity (Wildman–Crippen MR) is 82.0 cm³/mol. The number of hydrogen-bond donors (Lipinski definition) is 1. The lowest BCUT2D eigenvalue weighted by atomic mass is 10.1. The van der Waals surface area contributed by atoms with E-state index >= 15 is 0 Å². The molecule has 0 unspecified atom stereocenters. The molecule has 0 aliphatic carbocycles. The molecule has 5 heteroatoms. The third-order valence-electron chi connectivity index (χ3n) is 3.11. The van der Waals surface area contributed by atoms with Crippen LogP contribution >= 0.6 is 0 Å². The van der Waals surface area contributed by atoms with E-state index in [-0.39, 0.29) is 11.1 Å². The highest BCUT2D eigenvalue weighted by atomic mass is 19.1. The Labute approximate surface area is 127 Å². The van der Waals surface area contributed by atoms with Crippen molar-refractivity contribution >= 4 is 12.1 Å². The molecule has 22 heavy (non-hydrogen) atoms. The summed E-state index contributed by atoms with van der Waals surface area (Å²) in [6.45, 7) is 2.06. The van der Waals surface area contributed by atoms with Gasteiger partial charge in [-0.05, 0) is 35.7 Å². The standard InChI is InChI=1S/C17H14FN3O/c1-2-12-3-5-13(6-4-12)11-20-21-17(22)15-8-7-14(10-19)9-16(15)18/h3-9,11H,2H2,1H3,(H,21,22)/b20-11-. The van der Waals surface area contributed by atoms with Gasteiger partial charge in [-0.2, -0.15) is 10.4 Å². The van der Waals surface area contributed by atoms with Crippen LogP contribution in [0.3, 0.4) is 0 Å². The average Bonchev–Trinajstić information content (AvgIpc) is 2.55. The fourth-order valence-electron chi connectivity index (χ4n) is 1.83. The molecule has 0 spiro atoms. The maximum absolute atomic E-state index is 13.7. The molecule has 2 aromatic carbocycles. The molecule has 0 aliphatic rings. The van der Waals surface area contributed by atoms with Gasteiger partial charge >= 0.3 is 0 Å². The molecule has 0 fully saturated rings. The SMILES string of the molecule is CCc1ccc(/C=N\NC(=O)c2ccc(C#N)cc2F)cc1. The van der Waals surface area contributed by atoms with Gasteiger partial charge in [0.1, 0.15) is 5.82 Å². The molecular weight excluding hydrogens is 281 g/mol. The van der Waals surface area contributed by atoms with Crippen molar-refractivity contribution in [3.63, 3.8) is 0 Å². The van der Waals surface area contributed by atoms with Crippen LogP contribution in [0.15, 0.2) is 47.6 Å².